The third kappa shape index (κ3) is 3.44. The Morgan fingerprint density at radius 3 is 2.59 bits per heavy atom. The van der Waals surface area contributed by atoms with Crippen LogP contribution in [0.3, 0.4) is 0 Å². The molecule has 2 N–H and O–H groups in total. The van der Waals surface area contributed by atoms with E-state index >= 15 is 0 Å². The number of hydrogen-bond acceptors (Lipinski definition) is 5. The highest BCUT2D eigenvalue weighted by molar-refractivity contribution is 6.44. The lowest BCUT2D eigenvalue weighted by Gasteiger charge is -2.39. The SMILES string of the molecule is C[C@@H]1CN(C(=O)C(=O)c2c[nH]c3nc(O)ccc23)CCN1C(=O)c1ccccc1. The van der Waals surface area contributed by atoms with E-state index in [4.69, 9.17) is 0 Å². The summed E-state index contributed by atoms with van der Waals surface area (Å²) < 4.78 is 0. The molecule has 0 spiro atoms. The summed E-state index contributed by atoms with van der Waals surface area (Å²) in [5.41, 5.74) is 1.16. The molecule has 148 valence electrons. The number of aromatic hydroxyl groups is 1. The number of ketones is 1. The second kappa shape index (κ2) is 7.38. The molecule has 1 fully saturated rings. The van der Waals surface area contributed by atoms with Gasteiger partial charge in [0.25, 0.3) is 17.6 Å². The first kappa shape index (κ1) is 18.7. The quantitative estimate of drug-likeness (QED) is 0.522. The molecule has 1 aliphatic rings. The number of aromatic nitrogens is 2. The van der Waals surface area contributed by atoms with Crippen LogP contribution in [0.25, 0.3) is 11.0 Å². The van der Waals surface area contributed by atoms with Crippen molar-refractivity contribution in [2.24, 2.45) is 0 Å². The van der Waals surface area contributed by atoms with Gasteiger partial charge in [0.1, 0.15) is 5.65 Å². The molecule has 1 aliphatic heterocycles. The van der Waals surface area contributed by atoms with E-state index in [2.05, 4.69) is 9.97 Å². The lowest BCUT2D eigenvalue weighted by atomic mass is 10.1. The summed E-state index contributed by atoms with van der Waals surface area (Å²) in [6.07, 6.45) is 1.43. The van der Waals surface area contributed by atoms with E-state index in [0.717, 1.165) is 0 Å². The van der Waals surface area contributed by atoms with Gasteiger partial charge in [-0.2, -0.15) is 4.98 Å². The second-order valence-corrected chi connectivity index (χ2v) is 7.06. The van der Waals surface area contributed by atoms with Crippen molar-refractivity contribution in [1.82, 2.24) is 19.8 Å². The summed E-state index contributed by atoms with van der Waals surface area (Å²) in [5, 5.41) is 9.93. The summed E-state index contributed by atoms with van der Waals surface area (Å²) in [7, 11) is 0. The van der Waals surface area contributed by atoms with Gasteiger partial charge in [0, 0.05) is 48.9 Å². The molecule has 0 radical (unpaired) electrons. The average Bonchev–Trinajstić information content (AvgIpc) is 3.15. The number of H-pyrrole nitrogens is 1. The Bertz CT molecular complexity index is 1090. The third-order valence-corrected chi connectivity index (χ3v) is 5.16. The van der Waals surface area contributed by atoms with Gasteiger partial charge in [0.05, 0.1) is 5.56 Å². The zero-order valence-corrected chi connectivity index (χ0v) is 15.8. The Balaban J connectivity index is 1.48. The molecular weight excluding hydrogens is 372 g/mol. The van der Waals surface area contributed by atoms with Crippen LogP contribution >= 0.6 is 0 Å². The Hall–Kier alpha value is -3.68. The zero-order chi connectivity index (χ0) is 20.5. The number of nitrogens with one attached hydrogen (secondary N) is 1. The fourth-order valence-electron chi connectivity index (χ4n) is 3.63. The van der Waals surface area contributed by atoms with Crippen LogP contribution in [0.1, 0.15) is 27.6 Å². The molecule has 2 aromatic heterocycles. The van der Waals surface area contributed by atoms with Crippen molar-refractivity contribution in [3.05, 3.63) is 59.8 Å². The van der Waals surface area contributed by atoms with E-state index in [-0.39, 0.29) is 36.5 Å². The van der Waals surface area contributed by atoms with Gasteiger partial charge in [-0.05, 0) is 25.1 Å². The fourth-order valence-corrected chi connectivity index (χ4v) is 3.63. The number of piperazine rings is 1. The minimum absolute atomic E-state index is 0.0842. The number of rotatable bonds is 3. The second-order valence-electron chi connectivity index (χ2n) is 7.06. The van der Waals surface area contributed by atoms with Gasteiger partial charge in [-0.25, -0.2) is 0 Å². The monoisotopic (exact) mass is 392 g/mol. The van der Waals surface area contributed by atoms with Crippen molar-refractivity contribution in [2.45, 2.75) is 13.0 Å². The molecule has 2 amide bonds. The van der Waals surface area contributed by atoms with Gasteiger partial charge in [0.15, 0.2) is 0 Å². The van der Waals surface area contributed by atoms with Crippen LogP contribution < -0.4 is 0 Å². The van der Waals surface area contributed by atoms with Crippen molar-refractivity contribution in [2.75, 3.05) is 19.6 Å². The van der Waals surface area contributed by atoms with E-state index in [0.29, 0.717) is 23.1 Å². The largest absolute Gasteiger partial charge is 0.493 e. The molecule has 29 heavy (non-hydrogen) atoms. The van der Waals surface area contributed by atoms with Crippen LogP contribution in [-0.2, 0) is 4.79 Å². The maximum absolute atomic E-state index is 12.8. The van der Waals surface area contributed by atoms with Gasteiger partial charge >= 0.3 is 0 Å². The van der Waals surface area contributed by atoms with Gasteiger partial charge in [-0.1, -0.05) is 18.2 Å². The highest BCUT2D eigenvalue weighted by Gasteiger charge is 2.33. The van der Waals surface area contributed by atoms with Gasteiger partial charge in [-0.15, -0.1) is 0 Å². The first-order valence-corrected chi connectivity index (χ1v) is 9.32. The highest BCUT2D eigenvalue weighted by Crippen LogP contribution is 2.21. The molecule has 8 nitrogen and oxygen atoms in total. The molecule has 0 bridgehead atoms. The number of nitrogens with zero attached hydrogens (tertiary/aromatic N) is 3. The first-order chi connectivity index (χ1) is 14.0. The number of benzene rings is 1. The maximum atomic E-state index is 12.8. The minimum Gasteiger partial charge on any atom is -0.493 e. The van der Waals surface area contributed by atoms with Crippen LogP contribution in [0.4, 0.5) is 0 Å². The van der Waals surface area contributed by atoms with Gasteiger partial charge in [0.2, 0.25) is 5.88 Å². The Morgan fingerprint density at radius 1 is 1.10 bits per heavy atom. The maximum Gasteiger partial charge on any atom is 0.295 e. The van der Waals surface area contributed by atoms with Gasteiger partial charge < -0.3 is 19.9 Å². The molecule has 0 aliphatic carbocycles. The predicted octanol–water partition coefficient (Wildman–Crippen LogP) is 1.82. The summed E-state index contributed by atoms with van der Waals surface area (Å²) in [6, 6.07) is 11.7. The number of aromatic amines is 1. The van der Waals surface area contributed by atoms with E-state index in [1.807, 2.05) is 25.1 Å². The Morgan fingerprint density at radius 2 is 1.86 bits per heavy atom. The minimum atomic E-state index is -0.640. The topological polar surface area (TPSA) is 107 Å². The van der Waals surface area contributed by atoms with E-state index < -0.39 is 11.7 Å². The normalized spacial score (nSPS) is 16.8. The lowest BCUT2D eigenvalue weighted by Crippen LogP contribution is -2.56. The summed E-state index contributed by atoms with van der Waals surface area (Å²) in [5.74, 6) is -1.51. The zero-order valence-electron chi connectivity index (χ0n) is 15.8. The Labute approximate surface area is 166 Å². The molecule has 8 heteroatoms. The smallest absolute Gasteiger partial charge is 0.295 e. The standard InChI is InChI=1S/C21H20N4O4/c1-13-12-24(9-10-25(13)20(28)14-5-3-2-4-6-14)21(29)18(27)16-11-22-19-15(16)7-8-17(26)23-19/h2-8,11,13H,9-10,12H2,1H3,(H2,22,23,26)/t13-/m1/s1. The van der Waals surface area contributed by atoms with E-state index in [1.54, 1.807) is 23.1 Å². The number of amides is 2. The molecule has 3 aromatic rings. The van der Waals surface area contributed by atoms with Crippen molar-refractivity contribution in [3.63, 3.8) is 0 Å². The molecule has 4 rings (SSSR count). The predicted molar refractivity (Wildman–Crippen MR) is 106 cm³/mol. The van der Waals surface area contributed by atoms with Crippen molar-refractivity contribution in [3.8, 4) is 5.88 Å². The Kier molecular flexibility index (Phi) is 4.75. The van der Waals surface area contributed by atoms with Crippen molar-refractivity contribution < 1.29 is 19.5 Å². The molecule has 1 atom stereocenters. The number of pyridine rings is 1. The number of hydrogen-bond donors (Lipinski definition) is 2. The van der Waals surface area contributed by atoms with E-state index in [9.17, 15) is 19.5 Å². The summed E-state index contributed by atoms with van der Waals surface area (Å²) >= 11 is 0. The number of Topliss-reactive ketones (excluding diaryl/α,β-unsaturated/α-hetero) is 1. The number of carbonyl (C=O) groups excluding carboxylic acids is 3. The molecular formula is C21H20N4O4. The molecule has 1 aromatic carbocycles. The highest BCUT2D eigenvalue weighted by atomic mass is 16.3. The van der Waals surface area contributed by atoms with E-state index in [1.165, 1.54) is 17.2 Å². The van der Waals surface area contributed by atoms with Crippen LogP contribution in [0, 0.1) is 0 Å². The lowest BCUT2D eigenvalue weighted by molar-refractivity contribution is -0.128. The van der Waals surface area contributed by atoms with Crippen LogP contribution in [0.5, 0.6) is 5.88 Å². The third-order valence-electron chi connectivity index (χ3n) is 5.16. The number of carbonyl (C=O) groups is 3. The van der Waals surface area contributed by atoms with Crippen molar-refractivity contribution >= 4 is 28.6 Å². The van der Waals surface area contributed by atoms with Crippen LogP contribution in [0.2, 0.25) is 0 Å². The first-order valence-electron chi connectivity index (χ1n) is 9.32. The fraction of sp³-hybridized carbons (Fsp3) is 0.238. The molecule has 3 heterocycles. The number of fused-ring (bicyclic) bond motifs is 1. The van der Waals surface area contributed by atoms with Crippen LogP contribution in [-0.4, -0.2) is 68.1 Å². The molecule has 0 unspecified atom stereocenters. The molecule has 0 saturated carbocycles. The summed E-state index contributed by atoms with van der Waals surface area (Å²) in [4.78, 5) is 48.2. The summed E-state index contributed by atoms with van der Waals surface area (Å²) in [6.45, 7) is 2.79. The van der Waals surface area contributed by atoms with Crippen LogP contribution in [0.15, 0.2) is 48.7 Å². The van der Waals surface area contributed by atoms with Gasteiger partial charge in [-0.3, -0.25) is 14.4 Å². The average molecular weight is 392 g/mol. The molecule has 1 saturated heterocycles. The van der Waals surface area contributed by atoms with Crippen molar-refractivity contribution in [1.29, 1.82) is 0 Å².